The van der Waals surface area contributed by atoms with Crippen LogP contribution in [0.3, 0.4) is 0 Å². The minimum atomic E-state index is -2.22. The molecule has 4 aromatic carbocycles. The summed E-state index contributed by atoms with van der Waals surface area (Å²) in [6.45, 7) is 3.08. The zero-order valence-electron chi connectivity index (χ0n) is 37.4. The minimum absolute atomic E-state index is 0.00865. The molecule has 7 atom stereocenters. The maximum atomic E-state index is 16.2. The average Bonchev–Trinajstić information content (AvgIpc) is 3.80. The van der Waals surface area contributed by atoms with E-state index >= 15 is 4.79 Å². The smallest absolute Gasteiger partial charge is 0.329 e. The van der Waals surface area contributed by atoms with Gasteiger partial charge in [0.2, 0.25) is 11.8 Å². The number of carbonyl (C=O) groups excluding carboxylic acids is 7. The minimum Gasteiger partial charge on any atom is -0.491 e. The molecule has 0 saturated carbocycles. The van der Waals surface area contributed by atoms with Gasteiger partial charge in [-0.2, -0.15) is 0 Å². The fourth-order valence-electron chi connectivity index (χ4n) is 9.55. The lowest BCUT2D eigenvalue weighted by molar-refractivity contribution is -0.178. The quantitative estimate of drug-likeness (QED) is 0.0750. The summed E-state index contributed by atoms with van der Waals surface area (Å²) in [5.74, 6) is -2.87. The lowest BCUT2D eigenvalue weighted by Gasteiger charge is -2.46. The molecule has 0 aromatic heterocycles. The molecule has 3 aliphatic rings. The first-order valence-corrected chi connectivity index (χ1v) is 21.5. The van der Waals surface area contributed by atoms with Crippen LogP contribution in [0.5, 0.6) is 5.75 Å². The molecule has 4 N–H and O–H groups in total. The number of nitrogens with two attached hydrogens (primary N) is 1. The summed E-state index contributed by atoms with van der Waals surface area (Å²) in [5.41, 5.74) is 6.21. The van der Waals surface area contributed by atoms with E-state index in [1.807, 2.05) is 36.4 Å². The number of anilines is 1. The number of cyclic esters (lactones) is 1. The van der Waals surface area contributed by atoms with E-state index in [4.69, 9.17) is 29.4 Å². The van der Waals surface area contributed by atoms with Gasteiger partial charge in [0.15, 0.2) is 5.92 Å². The van der Waals surface area contributed by atoms with Crippen LogP contribution in [0.1, 0.15) is 66.3 Å². The fourth-order valence-corrected chi connectivity index (χ4v) is 9.55. The molecule has 2 saturated heterocycles. The molecule has 3 aliphatic heterocycles. The number of rotatable bonds is 13. The molecule has 4 amide bonds. The maximum absolute atomic E-state index is 16.2. The third kappa shape index (κ3) is 8.57. The summed E-state index contributed by atoms with van der Waals surface area (Å²) < 4.78 is 26.7. The molecule has 1 spiro atoms. The molecule has 3 heterocycles. The molecule has 4 aromatic rings. The second-order valence-corrected chi connectivity index (χ2v) is 16.5. The van der Waals surface area contributed by atoms with Gasteiger partial charge in [-0.15, -0.1) is 0 Å². The van der Waals surface area contributed by atoms with Crippen LogP contribution in [0, 0.1) is 29.6 Å². The number of nitrogens with zero attached hydrogens (tertiary/aromatic N) is 2. The third-order valence-corrected chi connectivity index (χ3v) is 12.4. The zero-order valence-corrected chi connectivity index (χ0v) is 37.4. The van der Waals surface area contributed by atoms with Crippen molar-refractivity contribution >= 4 is 47.4 Å². The molecule has 0 radical (unpaired) electrons. The monoisotopic (exact) mass is 914 g/mol. The largest absolute Gasteiger partial charge is 0.491 e. The Hall–Kier alpha value is -7.55. The number of carbonyl (C=O) groups is 7. The van der Waals surface area contributed by atoms with Gasteiger partial charge in [-0.05, 0) is 58.5 Å². The number of imide groups is 1. The van der Waals surface area contributed by atoms with Crippen LogP contribution < -0.4 is 20.7 Å². The van der Waals surface area contributed by atoms with E-state index in [2.05, 4.69) is 17.2 Å². The normalized spacial score (nSPS) is 22.2. The van der Waals surface area contributed by atoms with Gasteiger partial charge in [-0.3, -0.25) is 28.9 Å². The van der Waals surface area contributed by atoms with Crippen molar-refractivity contribution < 1.29 is 62.4 Å². The Labute approximate surface area is 386 Å². The van der Waals surface area contributed by atoms with E-state index in [0.29, 0.717) is 22.4 Å². The zero-order chi connectivity index (χ0) is 48.2. The Morgan fingerprint density at radius 3 is 1.99 bits per heavy atom. The number of ether oxygens (including phenoxy) is 5. The van der Waals surface area contributed by atoms with Gasteiger partial charge in [-0.1, -0.05) is 98.5 Å². The Morgan fingerprint density at radius 2 is 1.42 bits per heavy atom. The van der Waals surface area contributed by atoms with Crippen molar-refractivity contribution in [3.05, 3.63) is 131 Å². The number of morpholine rings is 1. The van der Waals surface area contributed by atoms with Crippen LogP contribution in [-0.2, 0) is 53.1 Å². The number of methoxy groups -OCH3 is 3. The number of benzene rings is 4. The molecule has 0 aliphatic carbocycles. The SMILES string of the molecule is COC(=O)C(CC#Cc1ccc2c(c1)C1(C(=O)N2C(=O)NC(C(=O)OC)C(C)C)C(C(N)=O)C2C(=O)OC(c3ccccc3)C(c3ccccc3)N2C1c1ccc(OCCO)cc1)C(=O)OC. The van der Waals surface area contributed by atoms with Gasteiger partial charge in [0.1, 0.15) is 36.0 Å². The third-order valence-electron chi connectivity index (χ3n) is 12.4. The molecule has 2 fully saturated rings. The summed E-state index contributed by atoms with van der Waals surface area (Å²) >= 11 is 0. The Balaban J connectivity index is 1.53. The number of nitrogens with one attached hydrogen (secondary N) is 1. The highest BCUT2D eigenvalue weighted by Gasteiger charge is 2.75. The second kappa shape index (κ2) is 19.9. The van der Waals surface area contributed by atoms with E-state index in [1.165, 1.54) is 18.2 Å². The molecule has 348 valence electrons. The summed E-state index contributed by atoms with van der Waals surface area (Å²) in [4.78, 5) is 101. The molecule has 67 heavy (non-hydrogen) atoms. The molecule has 17 heteroatoms. The second-order valence-electron chi connectivity index (χ2n) is 16.5. The average molecular weight is 915 g/mol. The highest BCUT2D eigenvalue weighted by atomic mass is 16.6. The Bertz CT molecular complexity index is 2600. The van der Waals surface area contributed by atoms with Crippen molar-refractivity contribution in [3.8, 4) is 17.6 Å². The topological polar surface area (TPSA) is 230 Å². The number of urea groups is 1. The number of aliphatic hydroxyl groups is 1. The number of primary amides is 1. The van der Waals surface area contributed by atoms with Crippen LogP contribution in [-0.4, -0.2) is 98.4 Å². The van der Waals surface area contributed by atoms with Crippen LogP contribution in [0.4, 0.5) is 10.5 Å². The van der Waals surface area contributed by atoms with Crippen LogP contribution >= 0.6 is 0 Å². The number of esters is 4. The van der Waals surface area contributed by atoms with Crippen LogP contribution in [0.25, 0.3) is 0 Å². The summed E-state index contributed by atoms with van der Waals surface area (Å²) in [7, 11) is 3.41. The van der Waals surface area contributed by atoms with E-state index in [1.54, 1.807) is 67.3 Å². The summed E-state index contributed by atoms with van der Waals surface area (Å²) in [6.07, 6.45) is -1.32. The first kappa shape index (κ1) is 47.4. The fraction of sp³-hybridized carbons (Fsp3) is 0.340. The molecule has 7 rings (SSSR count). The lowest BCUT2D eigenvalue weighted by atomic mass is 9.65. The van der Waals surface area contributed by atoms with Gasteiger partial charge in [0, 0.05) is 12.0 Å². The molecule has 0 bridgehead atoms. The first-order valence-electron chi connectivity index (χ1n) is 21.5. The van der Waals surface area contributed by atoms with Crippen molar-refractivity contribution in [2.75, 3.05) is 39.4 Å². The van der Waals surface area contributed by atoms with Crippen molar-refractivity contribution in [1.82, 2.24) is 10.2 Å². The van der Waals surface area contributed by atoms with Crippen molar-refractivity contribution in [1.29, 1.82) is 0 Å². The standard InChI is InChI=1S/C50H50N4O13/c1-28(2)38(46(59)65-5)52-49(62)53-36-24-19-29(13-12-18-34(44(57)63-3)45(58)64-4)27-35(36)50(48(53)61)37(43(51)56)40-47(60)67-41(31-16-10-7-11-17-31)39(30-14-8-6-9-15-30)54(40)42(50)32-20-22-33(23-21-32)66-26-25-55/h6-11,14-17,19-24,27-28,34,37-42,55H,18,25-26H2,1-5H3,(H2,51,56)(H,52,62). The van der Waals surface area contributed by atoms with Crippen molar-refractivity contribution in [2.45, 2.75) is 56.0 Å². The van der Waals surface area contributed by atoms with Gasteiger partial charge < -0.3 is 39.8 Å². The first-order chi connectivity index (χ1) is 32.2. The van der Waals surface area contributed by atoms with Crippen LogP contribution in [0.15, 0.2) is 103 Å². The van der Waals surface area contributed by atoms with Gasteiger partial charge in [0.25, 0.3) is 0 Å². The Kier molecular flexibility index (Phi) is 14.1. The Morgan fingerprint density at radius 1 is 0.806 bits per heavy atom. The number of aliphatic hydroxyl groups excluding tert-OH is 1. The van der Waals surface area contributed by atoms with E-state index in [-0.39, 0.29) is 36.4 Å². The highest BCUT2D eigenvalue weighted by Crippen LogP contribution is 2.65. The van der Waals surface area contributed by atoms with E-state index < -0.39 is 95.2 Å². The van der Waals surface area contributed by atoms with Crippen LogP contribution in [0.2, 0.25) is 0 Å². The predicted octanol–water partition coefficient (Wildman–Crippen LogP) is 3.82. The number of hydrogen-bond donors (Lipinski definition) is 3. The summed E-state index contributed by atoms with van der Waals surface area (Å²) in [5, 5.41) is 12.2. The van der Waals surface area contributed by atoms with Crippen molar-refractivity contribution in [2.24, 2.45) is 23.5 Å². The molecular weight excluding hydrogens is 865 g/mol. The van der Waals surface area contributed by atoms with E-state index in [9.17, 15) is 33.9 Å². The lowest BCUT2D eigenvalue weighted by Crippen LogP contribution is -2.57. The highest BCUT2D eigenvalue weighted by molar-refractivity contribution is 6.25. The molecule has 17 nitrogen and oxygen atoms in total. The van der Waals surface area contributed by atoms with Gasteiger partial charge in [-0.25, -0.2) is 14.5 Å². The number of amides is 4. The summed E-state index contributed by atoms with van der Waals surface area (Å²) in [6, 6.07) is 23.2. The van der Waals surface area contributed by atoms with Gasteiger partial charge >= 0.3 is 29.9 Å². The molecule has 7 unspecified atom stereocenters. The van der Waals surface area contributed by atoms with E-state index in [0.717, 1.165) is 26.2 Å². The maximum Gasteiger partial charge on any atom is 0.329 e. The number of hydrogen-bond acceptors (Lipinski definition) is 14. The van der Waals surface area contributed by atoms with Crippen molar-refractivity contribution in [3.63, 3.8) is 0 Å². The van der Waals surface area contributed by atoms with Gasteiger partial charge in [0.05, 0.1) is 51.6 Å². The number of fused-ring (bicyclic) bond motifs is 3. The predicted molar refractivity (Wildman–Crippen MR) is 238 cm³/mol. The molecular formula is C50H50N4O13.